The van der Waals surface area contributed by atoms with Gasteiger partial charge in [-0.15, -0.1) is 0 Å². The highest BCUT2D eigenvalue weighted by Gasteiger charge is 2.27. The zero-order chi connectivity index (χ0) is 11.4. The van der Waals surface area contributed by atoms with Crippen molar-refractivity contribution in [2.45, 2.75) is 25.2 Å². The molecule has 0 bridgehead atoms. The number of hydrogen-bond donors (Lipinski definition) is 2. The van der Waals surface area contributed by atoms with Crippen molar-refractivity contribution in [3.63, 3.8) is 0 Å². The van der Waals surface area contributed by atoms with E-state index in [1.54, 1.807) is 0 Å². The molecule has 0 amide bonds. The van der Waals surface area contributed by atoms with E-state index in [1.807, 2.05) is 0 Å². The van der Waals surface area contributed by atoms with Crippen molar-refractivity contribution in [2.75, 3.05) is 39.4 Å². The zero-order valence-corrected chi connectivity index (χ0v) is 9.68. The molecule has 2 rings (SSSR count). The molecular formula is C11H22N2O3. The fourth-order valence-corrected chi connectivity index (χ4v) is 2.39. The van der Waals surface area contributed by atoms with Crippen LogP contribution in [0.5, 0.6) is 0 Å². The van der Waals surface area contributed by atoms with E-state index in [1.165, 1.54) is 0 Å². The maximum Gasteiger partial charge on any atom is 0.159 e. The lowest BCUT2D eigenvalue weighted by Crippen LogP contribution is -2.46. The van der Waals surface area contributed by atoms with Crippen molar-refractivity contribution in [1.29, 1.82) is 0 Å². The molecule has 0 aliphatic carbocycles. The number of rotatable bonds is 4. The Balaban J connectivity index is 1.67. The van der Waals surface area contributed by atoms with Gasteiger partial charge in [-0.3, -0.25) is 0 Å². The molecule has 2 aliphatic rings. The third kappa shape index (κ3) is 3.15. The summed E-state index contributed by atoms with van der Waals surface area (Å²) in [6.07, 6.45) is 1.57. The summed E-state index contributed by atoms with van der Waals surface area (Å²) >= 11 is 0. The standard InChI is InChI=1S/C11H22N2O3/c12-7-9-1-3-13(8-10(9)14)4-2-11-15-5-6-16-11/h9-11,14H,1-8,12H2. The minimum atomic E-state index is -0.274. The zero-order valence-electron chi connectivity index (χ0n) is 9.68. The summed E-state index contributed by atoms with van der Waals surface area (Å²) in [5.74, 6) is 0.273. The Hall–Kier alpha value is -0.200. The minimum absolute atomic E-state index is 0.0376. The van der Waals surface area contributed by atoms with Crippen LogP contribution in [0, 0.1) is 5.92 Å². The smallest absolute Gasteiger partial charge is 0.159 e. The molecule has 5 heteroatoms. The van der Waals surface area contributed by atoms with Crippen LogP contribution in [0.25, 0.3) is 0 Å². The van der Waals surface area contributed by atoms with Gasteiger partial charge in [-0.1, -0.05) is 0 Å². The van der Waals surface area contributed by atoms with E-state index in [-0.39, 0.29) is 18.3 Å². The highest BCUT2D eigenvalue weighted by Crippen LogP contribution is 2.18. The molecule has 16 heavy (non-hydrogen) atoms. The number of ether oxygens (including phenoxy) is 2. The molecule has 0 radical (unpaired) electrons. The molecule has 2 saturated heterocycles. The fraction of sp³-hybridized carbons (Fsp3) is 1.00. The lowest BCUT2D eigenvalue weighted by atomic mass is 9.94. The van der Waals surface area contributed by atoms with Gasteiger partial charge >= 0.3 is 0 Å². The fourth-order valence-electron chi connectivity index (χ4n) is 2.39. The largest absolute Gasteiger partial charge is 0.391 e. The Morgan fingerprint density at radius 2 is 2.06 bits per heavy atom. The maximum atomic E-state index is 9.85. The van der Waals surface area contributed by atoms with Crippen LogP contribution < -0.4 is 5.73 Å². The molecule has 0 aromatic rings. The van der Waals surface area contributed by atoms with Crippen molar-refractivity contribution >= 4 is 0 Å². The molecule has 0 saturated carbocycles. The van der Waals surface area contributed by atoms with E-state index in [9.17, 15) is 5.11 Å². The predicted molar refractivity (Wildman–Crippen MR) is 59.9 cm³/mol. The minimum Gasteiger partial charge on any atom is -0.391 e. The molecular weight excluding hydrogens is 208 g/mol. The van der Waals surface area contributed by atoms with Crippen molar-refractivity contribution in [1.82, 2.24) is 4.90 Å². The first-order valence-electron chi connectivity index (χ1n) is 6.13. The monoisotopic (exact) mass is 230 g/mol. The summed E-state index contributed by atoms with van der Waals surface area (Å²) in [6, 6.07) is 0. The van der Waals surface area contributed by atoms with Gasteiger partial charge in [-0.25, -0.2) is 0 Å². The molecule has 3 N–H and O–H groups in total. The first-order valence-corrected chi connectivity index (χ1v) is 6.13. The summed E-state index contributed by atoms with van der Waals surface area (Å²) in [4.78, 5) is 2.27. The van der Waals surface area contributed by atoms with Crippen LogP contribution in [0.4, 0.5) is 0 Å². The van der Waals surface area contributed by atoms with Gasteiger partial charge in [0.1, 0.15) is 0 Å². The van der Waals surface area contributed by atoms with Crippen molar-refractivity contribution in [3.8, 4) is 0 Å². The molecule has 2 aliphatic heterocycles. The Labute approximate surface area is 96.5 Å². The van der Waals surface area contributed by atoms with Gasteiger partial charge in [0.25, 0.3) is 0 Å². The Morgan fingerprint density at radius 1 is 1.31 bits per heavy atom. The Bertz CT molecular complexity index is 209. The van der Waals surface area contributed by atoms with Gasteiger partial charge in [0.05, 0.1) is 19.3 Å². The highest BCUT2D eigenvalue weighted by molar-refractivity contribution is 4.80. The van der Waals surface area contributed by atoms with E-state index < -0.39 is 0 Å². The number of aliphatic hydroxyl groups is 1. The molecule has 5 nitrogen and oxygen atoms in total. The van der Waals surface area contributed by atoms with Crippen LogP contribution in [0.2, 0.25) is 0 Å². The number of hydrogen-bond acceptors (Lipinski definition) is 5. The third-order valence-electron chi connectivity index (χ3n) is 3.48. The number of aliphatic hydroxyl groups excluding tert-OH is 1. The van der Waals surface area contributed by atoms with E-state index in [0.29, 0.717) is 19.8 Å². The lowest BCUT2D eigenvalue weighted by Gasteiger charge is -2.35. The second-order valence-corrected chi connectivity index (χ2v) is 4.61. The van der Waals surface area contributed by atoms with E-state index >= 15 is 0 Å². The second-order valence-electron chi connectivity index (χ2n) is 4.61. The van der Waals surface area contributed by atoms with E-state index in [4.69, 9.17) is 15.2 Å². The first kappa shape index (κ1) is 12.3. The van der Waals surface area contributed by atoms with E-state index in [2.05, 4.69) is 4.90 Å². The van der Waals surface area contributed by atoms with Gasteiger partial charge < -0.3 is 25.2 Å². The van der Waals surface area contributed by atoms with Crippen LogP contribution in [0.15, 0.2) is 0 Å². The van der Waals surface area contributed by atoms with Crippen LogP contribution in [-0.4, -0.2) is 61.8 Å². The van der Waals surface area contributed by atoms with Crippen molar-refractivity contribution in [2.24, 2.45) is 11.7 Å². The van der Waals surface area contributed by atoms with Crippen LogP contribution in [0.3, 0.4) is 0 Å². The second kappa shape index (κ2) is 5.93. The summed E-state index contributed by atoms with van der Waals surface area (Å²) in [5, 5.41) is 9.85. The molecule has 0 aromatic carbocycles. The van der Waals surface area contributed by atoms with E-state index in [0.717, 1.165) is 32.5 Å². The molecule has 0 aromatic heterocycles. The van der Waals surface area contributed by atoms with Gasteiger partial charge in [-0.2, -0.15) is 0 Å². The lowest BCUT2D eigenvalue weighted by molar-refractivity contribution is -0.0574. The molecule has 2 atom stereocenters. The summed E-state index contributed by atoms with van der Waals surface area (Å²) in [7, 11) is 0. The molecule has 2 unspecified atom stereocenters. The quantitative estimate of drug-likeness (QED) is 0.674. The van der Waals surface area contributed by atoms with Gasteiger partial charge in [0.15, 0.2) is 6.29 Å². The molecule has 2 heterocycles. The number of piperidine rings is 1. The summed E-state index contributed by atoms with van der Waals surface area (Å²) in [5.41, 5.74) is 5.59. The maximum absolute atomic E-state index is 9.85. The SMILES string of the molecule is NCC1CCN(CCC2OCCO2)CC1O. The summed E-state index contributed by atoms with van der Waals surface area (Å²) in [6.45, 7) is 4.69. The molecule has 0 spiro atoms. The topological polar surface area (TPSA) is 68.0 Å². The number of nitrogens with zero attached hydrogens (tertiary/aromatic N) is 1. The summed E-state index contributed by atoms with van der Waals surface area (Å²) < 4.78 is 10.8. The van der Waals surface area contributed by atoms with Gasteiger partial charge in [0.2, 0.25) is 0 Å². The first-order chi connectivity index (χ1) is 7.79. The van der Waals surface area contributed by atoms with Crippen molar-refractivity contribution in [3.05, 3.63) is 0 Å². The van der Waals surface area contributed by atoms with Gasteiger partial charge in [0, 0.05) is 19.5 Å². The predicted octanol–water partition coefficient (Wildman–Crippen LogP) is -0.609. The number of nitrogens with two attached hydrogens (primary N) is 1. The molecule has 2 fully saturated rings. The molecule has 94 valence electrons. The highest BCUT2D eigenvalue weighted by atomic mass is 16.7. The van der Waals surface area contributed by atoms with Crippen molar-refractivity contribution < 1.29 is 14.6 Å². The average molecular weight is 230 g/mol. The van der Waals surface area contributed by atoms with Crippen LogP contribution in [-0.2, 0) is 9.47 Å². The Kier molecular flexibility index (Phi) is 4.55. The average Bonchev–Trinajstić information content (AvgIpc) is 2.79. The Morgan fingerprint density at radius 3 is 2.69 bits per heavy atom. The van der Waals surface area contributed by atoms with Crippen LogP contribution >= 0.6 is 0 Å². The van der Waals surface area contributed by atoms with Crippen LogP contribution in [0.1, 0.15) is 12.8 Å². The van der Waals surface area contributed by atoms with Gasteiger partial charge in [-0.05, 0) is 25.4 Å². The third-order valence-corrected chi connectivity index (χ3v) is 3.48. The normalized spacial score (nSPS) is 33.4. The number of β-amino-alcohol motifs (C(OH)–C–C–N with tert-alkyl or cyclic N) is 1. The number of likely N-dealkylation sites (tertiary alicyclic amines) is 1.